The largest absolute Gasteiger partial charge is 0.368 e. The van der Waals surface area contributed by atoms with Gasteiger partial charge in [0.05, 0.1) is 11.9 Å². The summed E-state index contributed by atoms with van der Waals surface area (Å²) in [5, 5.41) is 0.195. The van der Waals surface area contributed by atoms with Crippen molar-refractivity contribution < 1.29 is 9.53 Å². The predicted octanol–water partition coefficient (Wildman–Crippen LogP) is 3.51. The lowest BCUT2D eigenvalue weighted by atomic mass is 10.1. The highest BCUT2D eigenvalue weighted by atomic mass is 35.5. The number of nitrogen functional groups attached to an aromatic ring is 1. The summed E-state index contributed by atoms with van der Waals surface area (Å²) in [4.78, 5) is 29.3. The number of imidazole rings is 1. The van der Waals surface area contributed by atoms with Crippen LogP contribution in [-0.2, 0) is 11.5 Å². The number of nitrogens with zero attached hydrogens (tertiary/aromatic N) is 5. The molecule has 0 amide bonds. The van der Waals surface area contributed by atoms with Crippen molar-refractivity contribution >= 4 is 31.4 Å². The first-order valence-corrected chi connectivity index (χ1v) is 13.2. The second kappa shape index (κ2) is 8.81. The zero-order valence-corrected chi connectivity index (χ0v) is 18.3. The molecule has 0 spiro atoms. The van der Waals surface area contributed by atoms with Crippen molar-refractivity contribution in [1.29, 1.82) is 0 Å². The highest BCUT2D eigenvalue weighted by Gasteiger charge is 2.20. The van der Waals surface area contributed by atoms with Gasteiger partial charge < -0.3 is 10.5 Å². The summed E-state index contributed by atoms with van der Waals surface area (Å²) in [6.07, 6.45) is 4.55. The van der Waals surface area contributed by atoms with Gasteiger partial charge in [0.15, 0.2) is 0 Å². The average Bonchev–Trinajstić information content (AvgIpc) is 3.04. The van der Waals surface area contributed by atoms with Crippen LogP contribution in [0.1, 0.15) is 16.2 Å². The Balaban J connectivity index is 1.80. The lowest BCUT2D eigenvalue weighted by Crippen LogP contribution is -2.22. The lowest BCUT2D eigenvalue weighted by molar-refractivity contribution is 0.0817. The van der Waals surface area contributed by atoms with E-state index in [1.54, 1.807) is 35.2 Å². The van der Waals surface area contributed by atoms with Crippen molar-refractivity contribution in [1.82, 2.24) is 24.5 Å². The molecule has 0 atom stereocenters. The van der Waals surface area contributed by atoms with Gasteiger partial charge in [-0.3, -0.25) is 14.3 Å². The highest BCUT2D eigenvalue weighted by molar-refractivity contribution is 6.76. The molecule has 0 saturated heterocycles. The first-order valence-electron chi connectivity index (χ1n) is 9.13. The van der Waals surface area contributed by atoms with Gasteiger partial charge in [0.25, 0.3) is 0 Å². The normalized spacial score (nSPS) is 11.6. The monoisotopic (exact) mass is 430 g/mol. The van der Waals surface area contributed by atoms with Crippen molar-refractivity contribution in [3.8, 4) is 11.3 Å². The molecule has 0 bridgehead atoms. The van der Waals surface area contributed by atoms with Crippen molar-refractivity contribution in [2.24, 2.45) is 0 Å². The highest BCUT2D eigenvalue weighted by Crippen LogP contribution is 2.20. The molecule has 152 valence electrons. The Bertz CT molecular complexity index is 1020. The number of hydrogen-bond donors (Lipinski definition) is 1. The molecular weight excluding hydrogens is 408 g/mol. The molecule has 8 nitrogen and oxygen atoms in total. The maximum Gasteiger partial charge on any atom is 0.229 e. The third-order valence-corrected chi connectivity index (χ3v) is 6.22. The fourth-order valence-corrected chi connectivity index (χ4v) is 3.52. The number of nitrogens with two attached hydrogens (primary N) is 1. The van der Waals surface area contributed by atoms with Gasteiger partial charge in [0.1, 0.15) is 18.1 Å². The summed E-state index contributed by atoms with van der Waals surface area (Å²) in [5.41, 5.74) is 7.53. The van der Waals surface area contributed by atoms with E-state index in [-0.39, 0.29) is 29.4 Å². The molecule has 3 rings (SSSR count). The van der Waals surface area contributed by atoms with Gasteiger partial charge in [0, 0.05) is 32.6 Å². The van der Waals surface area contributed by atoms with E-state index in [0.29, 0.717) is 23.6 Å². The Morgan fingerprint density at radius 3 is 2.69 bits per heavy atom. The molecule has 2 N–H and O–H groups in total. The van der Waals surface area contributed by atoms with Gasteiger partial charge in [0.2, 0.25) is 17.0 Å². The summed E-state index contributed by atoms with van der Waals surface area (Å²) < 4.78 is 7.28. The fourth-order valence-electron chi connectivity index (χ4n) is 2.57. The minimum absolute atomic E-state index is 0.159. The Kier molecular flexibility index (Phi) is 6.41. The van der Waals surface area contributed by atoms with Crippen LogP contribution in [0.5, 0.6) is 0 Å². The second-order valence-corrected chi connectivity index (χ2v) is 13.7. The average molecular weight is 431 g/mol. The van der Waals surface area contributed by atoms with Crippen LogP contribution in [0.2, 0.25) is 31.0 Å². The van der Waals surface area contributed by atoms with Crippen LogP contribution < -0.4 is 5.73 Å². The smallest absolute Gasteiger partial charge is 0.229 e. The number of aromatic nitrogens is 5. The number of rotatable bonds is 8. The van der Waals surface area contributed by atoms with Crippen molar-refractivity contribution in [3.63, 3.8) is 0 Å². The van der Waals surface area contributed by atoms with Gasteiger partial charge in [-0.05, 0) is 35.8 Å². The number of ether oxygens (including phenoxy) is 1. The molecular formula is C19H23ClN6O2Si. The van der Waals surface area contributed by atoms with Gasteiger partial charge in [-0.25, -0.2) is 15.0 Å². The Labute approximate surface area is 175 Å². The quantitative estimate of drug-likeness (QED) is 0.330. The fraction of sp³-hybridized carbons (Fsp3) is 0.316. The summed E-state index contributed by atoms with van der Waals surface area (Å²) in [6.45, 7) is 7.60. The molecule has 0 saturated carbocycles. The molecule has 3 aromatic heterocycles. The number of ketones is 1. The third-order valence-electron chi connectivity index (χ3n) is 4.22. The van der Waals surface area contributed by atoms with E-state index in [9.17, 15) is 4.79 Å². The lowest BCUT2D eigenvalue weighted by Gasteiger charge is -2.16. The van der Waals surface area contributed by atoms with Crippen molar-refractivity contribution in [2.45, 2.75) is 32.4 Å². The van der Waals surface area contributed by atoms with E-state index in [1.165, 1.54) is 6.20 Å². The first kappa shape index (κ1) is 21.1. The summed E-state index contributed by atoms with van der Waals surface area (Å²) in [6, 6.07) is 6.14. The van der Waals surface area contributed by atoms with Gasteiger partial charge in [-0.2, -0.15) is 0 Å². The van der Waals surface area contributed by atoms with Crippen LogP contribution in [0.15, 0.2) is 36.8 Å². The number of halogens is 1. The number of carbonyl (C=O) groups is 1. The molecule has 0 aliphatic carbocycles. The molecule has 0 aliphatic heterocycles. The predicted molar refractivity (Wildman–Crippen MR) is 114 cm³/mol. The maximum absolute atomic E-state index is 13.0. The molecule has 0 fully saturated rings. The molecule has 0 aliphatic rings. The van der Waals surface area contributed by atoms with Crippen molar-refractivity contribution in [2.75, 3.05) is 12.3 Å². The number of carbonyl (C=O) groups excluding carboxylic acids is 1. The SMILES string of the molecule is C[Si](C)(C)CCOCn1c(C(=O)c2cc(-c3ccnc(N)n3)ccn2)cnc1Cl. The number of anilines is 1. The van der Waals surface area contributed by atoms with Crippen LogP contribution in [0.3, 0.4) is 0 Å². The molecule has 29 heavy (non-hydrogen) atoms. The van der Waals surface area contributed by atoms with E-state index >= 15 is 0 Å². The van der Waals surface area contributed by atoms with E-state index in [0.717, 1.165) is 6.04 Å². The first-order chi connectivity index (χ1) is 13.7. The molecule has 3 aromatic rings. The van der Waals surface area contributed by atoms with Gasteiger partial charge in [-0.1, -0.05) is 19.6 Å². The Morgan fingerprint density at radius 2 is 1.97 bits per heavy atom. The van der Waals surface area contributed by atoms with Crippen LogP contribution in [0, 0.1) is 0 Å². The standard InChI is InChI=1S/C19H23ClN6O2Si/c1-29(2,3)9-8-28-12-26-16(11-24-18(26)20)17(27)15-10-13(4-6-22-15)14-5-7-23-19(21)25-14/h4-7,10-11H,8-9,12H2,1-3H3,(H2,21,23,25). The van der Waals surface area contributed by atoms with Gasteiger partial charge >= 0.3 is 0 Å². The van der Waals surface area contributed by atoms with Crippen LogP contribution in [-0.4, -0.2) is 45.0 Å². The maximum atomic E-state index is 13.0. The summed E-state index contributed by atoms with van der Waals surface area (Å²) >= 11 is 6.17. The van der Waals surface area contributed by atoms with Crippen LogP contribution in [0.25, 0.3) is 11.3 Å². The molecule has 3 heterocycles. The third kappa shape index (κ3) is 5.46. The van der Waals surface area contributed by atoms with Crippen molar-refractivity contribution in [3.05, 3.63) is 53.5 Å². The number of pyridine rings is 1. The van der Waals surface area contributed by atoms with E-state index < -0.39 is 8.07 Å². The Hall–Kier alpha value is -2.62. The minimum Gasteiger partial charge on any atom is -0.368 e. The zero-order chi connectivity index (χ0) is 21.0. The summed E-state index contributed by atoms with van der Waals surface area (Å²) in [7, 11) is -1.20. The van der Waals surface area contributed by atoms with Gasteiger partial charge in [-0.15, -0.1) is 0 Å². The van der Waals surface area contributed by atoms with E-state index in [2.05, 4.69) is 39.6 Å². The molecule has 10 heteroatoms. The molecule has 0 aromatic carbocycles. The molecule has 0 unspecified atom stereocenters. The minimum atomic E-state index is -1.20. The molecule has 0 radical (unpaired) electrons. The zero-order valence-electron chi connectivity index (χ0n) is 16.6. The Morgan fingerprint density at radius 1 is 1.21 bits per heavy atom. The van der Waals surface area contributed by atoms with E-state index in [1.807, 2.05) is 0 Å². The number of hydrogen-bond acceptors (Lipinski definition) is 7. The summed E-state index contributed by atoms with van der Waals surface area (Å²) in [5.74, 6) is -0.144. The van der Waals surface area contributed by atoms with E-state index in [4.69, 9.17) is 22.1 Å². The topological polar surface area (TPSA) is 109 Å². The second-order valence-electron chi connectivity index (χ2n) is 7.75. The van der Waals surface area contributed by atoms with Crippen LogP contribution >= 0.6 is 11.6 Å². The van der Waals surface area contributed by atoms with Crippen LogP contribution in [0.4, 0.5) is 5.95 Å².